The van der Waals surface area contributed by atoms with Gasteiger partial charge in [0, 0.05) is 36.5 Å². The molecule has 0 radical (unpaired) electrons. The number of aromatic nitrogens is 3. The maximum Gasteiger partial charge on any atom is 0.322 e. The average molecular weight is 343 g/mol. The fourth-order valence-corrected chi connectivity index (χ4v) is 3.37. The summed E-state index contributed by atoms with van der Waals surface area (Å²) in [6.45, 7) is 6.50. The van der Waals surface area contributed by atoms with Crippen LogP contribution in [0.15, 0.2) is 18.5 Å². The number of pyridine rings is 1. The Hall–Kier alpha value is -2.15. The molecule has 0 unspecified atom stereocenters. The molecule has 1 saturated carbocycles. The summed E-state index contributed by atoms with van der Waals surface area (Å²) in [6, 6.07) is 2.53. The first-order valence-electron chi connectivity index (χ1n) is 9.10. The zero-order valence-electron chi connectivity index (χ0n) is 14.8. The Bertz CT molecular complexity index is 762. The number of hydrogen-bond acceptors (Lipinski definition) is 4. The molecule has 2 fully saturated rings. The van der Waals surface area contributed by atoms with E-state index in [9.17, 15) is 4.79 Å². The van der Waals surface area contributed by atoms with Crippen LogP contribution in [0.4, 0.5) is 10.5 Å². The standard InChI is InChI=1S/C18H25N5O2/c1-12(2)23-17-14(8-20-23)7-15(9-19-17)21-18(24)22(16-3-4-16)10-13-5-6-25-11-13/h7-9,12-13,16H,3-6,10-11H2,1-2H3,(H,21,24)/t13-/m1/s1. The van der Waals surface area contributed by atoms with E-state index in [-0.39, 0.29) is 12.1 Å². The molecule has 2 aromatic rings. The number of rotatable bonds is 5. The summed E-state index contributed by atoms with van der Waals surface area (Å²) in [4.78, 5) is 19.2. The molecule has 1 N–H and O–H groups in total. The molecule has 1 aliphatic heterocycles. The van der Waals surface area contributed by atoms with Crippen LogP contribution >= 0.6 is 0 Å². The minimum Gasteiger partial charge on any atom is -0.381 e. The van der Waals surface area contributed by atoms with Crippen molar-refractivity contribution in [2.75, 3.05) is 25.1 Å². The minimum absolute atomic E-state index is 0.0354. The monoisotopic (exact) mass is 343 g/mol. The van der Waals surface area contributed by atoms with Gasteiger partial charge in [-0.2, -0.15) is 5.10 Å². The average Bonchev–Trinajstić information content (AvgIpc) is 3.12. The molecule has 2 amide bonds. The Morgan fingerprint density at radius 3 is 2.92 bits per heavy atom. The van der Waals surface area contributed by atoms with E-state index in [0.29, 0.717) is 17.6 Å². The third-order valence-electron chi connectivity index (χ3n) is 4.90. The van der Waals surface area contributed by atoms with Crippen LogP contribution in [-0.4, -0.2) is 51.5 Å². The summed E-state index contributed by atoms with van der Waals surface area (Å²) in [5.74, 6) is 0.455. The molecule has 1 saturated heterocycles. The summed E-state index contributed by atoms with van der Waals surface area (Å²) in [5.41, 5.74) is 1.56. The van der Waals surface area contributed by atoms with Gasteiger partial charge >= 0.3 is 6.03 Å². The molecule has 1 atom stereocenters. The number of urea groups is 1. The van der Waals surface area contributed by atoms with Crippen LogP contribution < -0.4 is 5.32 Å². The molecule has 2 aromatic heterocycles. The second kappa shape index (κ2) is 6.63. The summed E-state index contributed by atoms with van der Waals surface area (Å²) in [6.07, 6.45) is 6.74. The molecule has 3 heterocycles. The highest BCUT2D eigenvalue weighted by Crippen LogP contribution is 2.30. The van der Waals surface area contributed by atoms with Crippen molar-refractivity contribution in [1.82, 2.24) is 19.7 Å². The predicted octanol–water partition coefficient (Wildman–Crippen LogP) is 3.05. The van der Waals surface area contributed by atoms with Gasteiger partial charge in [-0.1, -0.05) is 0 Å². The molecule has 7 heteroatoms. The fourth-order valence-electron chi connectivity index (χ4n) is 3.37. The van der Waals surface area contributed by atoms with E-state index in [4.69, 9.17) is 4.74 Å². The van der Waals surface area contributed by atoms with Gasteiger partial charge in [0.1, 0.15) is 0 Å². The molecule has 4 rings (SSSR count). The summed E-state index contributed by atoms with van der Waals surface area (Å²) in [5, 5.41) is 8.33. The predicted molar refractivity (Wildman–Crippen MR) is 95.6 cm³/mol. The van der Waals surface area contributed by atoms with Gasteiger partial charge in [0.05, 0.1) is 24.7 Å². The van der Waals surface area contributed by atoms with Gasteiger partial charge in [0.2, 0.25) is 0 Å². The van der Waals surface area contributed by atoms with Crippen molar-refractivity contribution in [2.45, 2.75) is 45.2 Å². The van der Waals surface area contributed by atoms with E-state index in [2.05, 4.69) is 29.2 Å². The van der Waals surface area contributed by atoms with Crippen LogP contribution in [-0.2, 0) is 4.74 Å². The normalized spacial score (nSPS) is 20.4. The van der Waals surface area contributed by atoms with E-state index >= 15 is 0 Å². The van der Waals surface area contributed by atoms with Crippen molar-refractivity contribution in [3.05, 3.63) is 18.5 Å². The second-order valence-corrected chi connectivity index (χ2v) is 7.36. The lowest BCUT2D eigenvalue weighted by molar-refractivity contribution is 0.167. The topological polar surface area (TPSA) is 72.3 Å². The number of fused-ring (bicyclic) bond motifs is 1. The van der Waals surface area contributed by atoms with E-state index in [1.54, 1.807) is 12.4 Å². The van der Waals surface area contributed by atoms with E-state index in [1.165, 1.54) is 0 Å². The first-order chi connectivity index (χ1) is 12.1. The number of nitrogens with zero attached hydrogens (tertiary/aromatic N) is 4. The van der Waals surface area contributed by atoms with Gasteiger partial charge < -0.3 is 15.0 Å². The van der Waals surface area contributed by atoms with Crippen molar-refractivity contribution in [2.24, 2.45) is 5.92 Å². The van der Waals surface area contributed by atoms with Crippen molar-refractivity contribution in [3.63, 3.8) is 0 Å². The van der Waals surface area contributed by atoms with Crippen molar-refractivity contribution < 1.29 is 9.53 Å². The highest BCUT2D eigenvalue weighted by molar-refractivity contribution is 5.91. The first kappa shape index (κ1) is 16.3. The molecule has 25 heavy (non-hydrogen) atoms. The number of anilines is 1. The van der Waals surface area contributed by atoms with Crippen LogP contribution in [0.1, 0.15) is 39.2 Å². The third kappa shape index (κ3) is 3.46. The zero-order chi connectivity index (χ0) is 17.4. The SMILES string of the molecule is CC(C)n1ncc2cc(NC(=O)N(C[C@H]3CCOC3)C3CC3)cnc21. The molecular formula is C18H25N5O2. The van der Waals surface area contributed by atoms with Gasteiger partial charge in [0.15, 0.2) is 5.65 Å². The lowest BCUT2D eigenvalue weighted by atomic mass is 10.1. The number of amides is 2. The van der Waals surface area contributed by atoms with Gasteiger partial charge in [-0.25, -0.2) is 14.5 Å². The summed E-state index contributed by atoms with van der Waals surface area (Å²) in [7, 11) is 0. The van der Waals surface area contributed by atoms with Gasteiger partial charge in [-0.05, 0) is 39.2 Å². The smallest absolute Gasteiger partial charge is 0.322 e. The number of hydrogen-bond donors (Lipinski definition) is 1. The van der Waals surface area contributed by atoms with Crippen molar-refractivity contribution in [3.8, 4) is 0 Å². The largest absolute Gasteiger partial charge is 0.381 e. The van der Waals surface area contributed by atoms with Gasteiger partial charge in [-0.3, -0.25) is 0 Å². The molecule has 1 aliphatic carbocycles. The number of carbonyl (C=O) groups excluding carboxylic acids is 1. The van der Waals surface area contributed by atoms with Gasteiger partial charge in [-0.15, -0.1) is 0 Å². The van der Waals surface area contributed by atoms with Crippen molar-refractivity contribution >= 4 is 22.8 Å². The molecule has 7 nitrogen and oxygen atoms in total. The zero-order valence-corrected chi connectivity index (χ0v) is 14.8. The maximum atomic E-state index is 12.8. The molecule has 0 bridgehead atoms. The number of carbonyl (C=O) groups is 1. The lowest BCUT2D eigenvalue weighted by Gasteiger charge is -2.25. The Morgan fingerprint density at radius 1 is 1.40 bits per heavy atom. The Labute approximate surface area is 147 Å². The van der Waals surface area contributed by atoms with Crippen LogP contribution in [0.3, 0.4) is 0 Å². The summed E-state index contributed by atoms with van der Waals surface area (Å²) < 4.78 is 7.33. The quantitative estimate of drug-likeness (QED) is 0.906. The molecular weight excluding hydrogens is 318 g/mol. The summed E-state index contributed by atoms with van der Waals surface area (Å²) >= 11 is 0. The van der Waals surface area contributed by atoms with E-state index in [1.807, 2.05) is 15.6 Å². The van der Waals surface area contributed by atoms with Crippen molar-refractivity contribution in [1.29, 1.82) is 0 Å². The van der Waals surface area contributed by atoms with Gasteiger partial charge in [0.25, 0.3) is 0 Å². The molecule has 2 aliphatic rings. The van der Waals surface area contributed by atoms with Crippen LogP contribution in [0, 0.1) is 5.92 Å². The number of nitrogens with one attached hydrogen (secondary N) is 1. The molecule has 134 valence electrons. The Morgan fingerprint density at radius 2 is 2.24 bits per heavy atom. The molecule has 0 aromatic carbocycles. The first-order valence-corrected chi connectivity index (χ1v) is 9.10. The van der Waals surface area contributed by atoms with E-state index in [0.717, 1.165) is 50.1 Å². The van der Waals surface area contributed by atoms with Crippen LogP contribution in [0.5, 0.6) is 0 Å². The third-order valence-corrected chi connectivity index (χ3v) is 4.90. The maximum absolute atomic E-state index is 12.8. The number of ether oxygens (including phenoxy) is 1. The second-order valence-electron chi connectivity index (χ2n) is 7.36. The Balaban J connectivity index is 1.48. The fraction of sp³-hybridized carbons (Fsp3) is 0.611. The Kier molecular flexibility index (Phi) is 4.33. The molecule has 0 spiro atoms. The highest BCUT2D eigenvalue weighted by atomic mass is 16.5. The minimum atomic E-state index is -0.0354. The highest BCUT2D eigenvalue weighted by Gasteiger charge is 2.35. The lowest BCUT2D eigenvalue weighted by Crippen LogP contribution is -2.40. The van der Waals surface area contributed by atoms with Crippen LogP contribution in [0.25, 0.3) is 11.0 Å². The van der Waals surface area contributed by atoms with Crippen LogP contribution in [0.2, 0.25) is 0 Å². The van der Waals surface area contributed by atoms with E-state index < -0.39 is 0 Å².